The number of carboxylic acid groups (broad SMARTS) is 1. The normalized spacial score (nSPS) is 25.5. The van der Waals surface area contributed by atoms with E-state index in [2.05, 4.69) is 4.90 Å². The Morgan fingerprint density at radius 3 is 2.79 bits per heavy atom. The summed E-state index contributed by atoms with van der Waals surface area (Å²) in [5.74, 6) is -1.52. The molecule has 1 aliphatic rings. The fraction of sp³-hybridized carbons (Fsp3) is 0.500. The highest BCUT2D eigenvalue weighted by molar-refractivity contribution is 6.30. The topological polar surface area (TPSA) is 40.5 Å². The van der Waals surface area contributed by atoms with Crippen molar-refractivity contribution >= 4 is 17.6 Å². The van der Waals surface area contributed by atoms with Gasteiger partial charge in [-0.2, -0.15) is 0 Å². The van der Waals surface area contributed by atoms with Gasteiger partial charge in [-0.15, -0.1) is 0 Å². The first-order valence-electron chi connectivity index (χ1n) is 6.35. The molecule has 1 aromatic carbocycles. The van der Waals surface area contributed by atoms with Crippen LogP contribution in [0.5, 0.6) is 0 Å². The van der Waals surface area contributed by atoms with Crippen molar-refractivity contribution in [2.75, 3.05) is 6.54 Å². The van der Waals surface area contributed by atoms with E-state index in [0.29, 0.717) is 6.42 Å². The lowest BCUT2D eigenvalue weighted by Crippen LogP contribution is -2.34. The Bertz CT molecular complexity index is 494. The highest BCUT2D eigenvalue weighted by Crippen LogP contribution is 2.33. The maximum Gasteiger partial charge on any atom is 0.308 e. The van der Waals surface area contributed by atoms with Gasteiger partial charge in [-0.3, -0.25) is 9.69 Å². The van der Waals surface area contributed by atoms with Gasteiger partial charge in [-0.25, -0.2) is 4.39 Å². The quantitative estimate of drug-likeness (QED) is 0.926. The largest absolute Gasteiger partial charge is 0.481 e. The van der Waals surface area contributed by atoms with Crippen LogP contribution in [0.1, 0.15) is 31.9 Å². The van der Waals surface area contributed by atoms with E-state index in [9.17, 15) is 9.18 Å². The molecule has 1 aliphatic heterocycles. The Kier molecular flexibility index (Phi) is 4.11. The highest BCUT2D eigenvalue weighted by Gasteiger charge is 2.38. The summed E-state index contributed by atoms with van der Waals surface area (Å²) in [6, 6.07) is 4.66. The van der Waals surface area contributed by atoms with Crippen LogP contribution in [0.4, 0.5) is 4.39 Å². The summed E-state index contributed by atoms with van der Waals surface area (Å²) < 4.78 is 13.2. The lowest BCUT2D eigenvalue weighted by Gasteiger charge is -2.30. The average molecular weight is 286 g/mol. The average Bonchev–Trinajstić information content (AvgIpc) is 2.74. The predicted molar refractivity (Wildman–Crippen MR) is 71.7 cm³/mol. The summed E-state index contributed by atoms with van der Waals surface area (Å²) in [5, 5.41) is 9.24. The molecule has 0 aliphatic carbocycles. The van der Waals surface area contributed by atoms with E-state index in [1.807, 2.05) is 13.8 Å². The lowest BCUT2D eigenvalue weighted by atomic mass is 10.0. The van der Waals surface area contributed by atoms with E-state index >= 15 is 0 Å². The zero-order valence-electron chi connectivity index (χ0n) is 10.9. The molecule has 19 heavy (non-hydrogen) atoms. The smallest absolute Gasteiger partial charge is 0.308 e. The molecule has 2 rings (SSSR count). The minimum atomic E-state index is -0.751. The van der Waals surface area contributed by atoms with Crippen LogP contribution in [0.15, 0.2) is 18.2 Å². The SMILES string of the molecule is CC(c1ccc(F)c(Cl)c1)N1CCC(C(=O)O)C1C. The van der Waals surface area contributed by atoms with Crippen molar-refractivity contribution in [3.05, 3.63) is 34.6 Å². The van der Waals surface area contributed by atoms with Crippen molar-refractivity contribution in [3.63, 3.8) is 0 Å². The summed E-state index contributed by atoms with van der Waals surface area (Å²) in [4.78, 5) is 13.2. The summed E-state index contributed by atoms with van der Waals surface area (Å²) in [7, 11) is 0. The molecule has 0 aromatic heterocycles. The standard InChI is InChI=1S/C14H17ClFNO2/c1-8(10-3-4-13(16)12(15)7-10)17-6-5-11(9(17)2)14(18)19/h3-4,7-9,11H,5-6H2,1-2H3,(H,18,19). The number of hydrogen-bond donors (Lipinski definition) is 1. The second-order valence-electron chi connectivity index (χ2n) is 5.06. The number of nitrogens with zero attached hydrogens (tertiary/aromatic N) is 1. The molecular formula is C14H17ClFNO2. The lowest BCUT2D eigenvalue weighted by molar-refractivity contribution is -0.142. The summed E-state index contributed by atoms with van der Waals surface area (Å²) in [6.45, 7) is 4.64. The van der Waals surface area contributed by atoms with Crippen LogP contribution in [0.3, 0.4) is 0 Å². The first-order chi connectivity index (χ1) is 8.91. The van der Waals surface area contributed by atoms with E-state index in [1.165, 1.54) is 6.07 Å². The molecule has 0 bridgehead atoms. The van der Waals surface area contributed by atoms with Crippen LogP contribution in [0, 0.1) is 11.7 Å². The van der Waals surface area contributed by atoms with E-state index in [0.717, 1.165) is 12.1 Å². The van der Waals surface area contributed by atoms with Gasteiger partial charge < -0.3 is 5.11 Å². The van der Waals surface area contributed by atoms with Gasteiger partial charge in [0, 0.05) is 12.1 Å². The zero-order valence-corrected chi connectivity index (χ0v) is 11.7. The van der Waals surface area contributed by atoms with Gasteiger partial charge in [0.05, 0.1) is 10.9 Å². The third-order valence-corrected chi connectivity index (χ3v) is 4.33. The molecule has 1 saturated heterocycles. The van der Waals surface area contributed by atoms with Crippen molar-refractivity contribution in [1.82, 2.24) is 4.90 Å². The van der Waals surface area contributed by atoms with Crippen molar-refractivity contribution in [1.29, 1.82) is 0 Å². The Balaban J connectivity index is 2.18. The van der Waals surface area contributed by atoms with Crippen LogP contribution >= 0.6 is 11.6 Å². The van der Waals surface area contributed by atoms with E-state index in [-0.39, 0.29) is 23.0 Å². The fourth-order valence-corrected chi connectivity index (χ4v) is 2.99. The highest BCUT2D eigenvalue weighted by atomic mass is 35.5. The summed E-state index contributed by atoms with van der Waals surface area (Å²) >= 11 is 5.79. The van der Waals surface area contributed by atoms with E-state index in [1.54, 1.807) is 12.1 Å². The van der Waals surface area contributed by atoms with Gasteiger partial charge in [-0.1, -0.05) is 17.7 Å². The van der Waals surface area contributed by atoms with Crippen molar-refractivity contribution in [2.24, 2.45) is 5.92 Å². The van der Waals surface area contributed by atoms with Crippen molar-refractivity contribution < 1.29 is 14.3 Å². The second-order valence-corrected chi connectivity index (χ2v) is 5.47. The minimum Gasteiger partial charge on any atom is -0.481 e. The maximum absolute atomic E-state index is 13.2. The molecule has 1 N–H and O–H groups in total. The molecular weight excluding hydrogens is 269 g/mol. The number of halogens is 2. The van der Waals surface area contributed by atoms with Crippen LogP contribution < -0.4 is 0 Å². The molecule has 3 atom stereocenters. The number of hydrogen-bond acceptors (Lipinski definition) is 2. The monoisotopic (exact) mass is 285 g/mol. The number of carboxylic acids is 1. The van der Waals surface area contributed by atoms with Gasteiger partial charge in [0.1, 0.15) is 5.82 Å². The second kappa shape index (κ2) is 5.47. The first-order valence-corrected chi connectivity index (χ1v) is 6.73. The number of rotatable bonds is 3. The van der Waals surface area contributed by atoms with Crippen molar-refractivity contribution in [3.8, 4) is 0 Å². The van der Waals surface area contributed by atoms with E-state index in [4.69, 9.17) is 16.7 Å². The molecule has 3 nitrogen and oxygen atoms in total. The molecule has 1 heterocycles. The molecule has 1 aromatic rings. The van der Waals surface area contributed by atoms with Crippen LogP contribution in [-0.4, -0.2) is 28.6 Å². The maximum atomic E-state index is 13.2. The molecule has 5 heteroatoms. The molecule has 0 radical (unpaired) electrons. The fourth-order valence-electron chi connectivity index (χ4n) is 2.80. The molecule has 104 valence electrons. The predicted octanol–water partition coefficient (Wildman–Crippen LogP) is 3.34. The van der Waals surface area contributed by atoms with E-state index < -0.39 is 11.8 Å². The van der Waals surface area contributed by atoms with Crippen LogP contribution in [0.25, 0.3) is 0 Å². The molecule has 0 spiro atoms. The van der Waals surface area contributed by atoms with Gasteiger partial charge >= 0.3 is 5.97 Å². The number of aliphatic carboxylic acids is 1. The molecule has 3 unspecified atom stereocenters. The zero-order chi connectivity index (χ0) is 14.2. The van der Waals surface area contributed by atoms with Gasteiger partial charge in [0.25, 0.3) is 0 Å². The Hall–Kier alpha value is -1.13. The Morgan fingerprint density at radius 2 is 2.26 bits per heavy atom. The summed E-state index contributed by atoms with van der Waals surface area (Å²) in [6.07, 6.45) is 0.649. The van der Waals surface area contributed by atoms with Gasteiger partial charge in [-0.05, 0) is 44.5 Å². The van der Waals surface area contributed by atoms with Gasteiger partial charge in [0.2, 0.25) is 0 Å². The Morgan fingerprint density at radius 1 is 1.58 bits per heavy atom. The van der Waals surface area contributed by atoms with Gasteiger partial charge in [0.15, 0.2) is 0 Å². The first kappa shape index (κ1) is 14.3. The molecule has 0 amide bonds. The number of likely N-dealkylation sites (tertiary alicyclic amines) is 1. The summed E-state index contributed by atoms with van der Waals surface area (Å²) in [5.41, 5.74) is 0.907. The van der Waals surface area contributed by atoms with Crippen molar-refractivity contribution in [2.45, 2.75) is 32.4 Å². The number of benzene rings is 1. The third-order valence-electron chi connectivity index (χ3n) is 4.04. The molecule has 1 fully saturated rings. The number of carbonyl (C=O) groups is 1. The molecule has 0 saturated carbocycles. The minimum absolute atomic E-state index is 0.0254. The third kappa shape index (κ3) is 2.74. The van der Waals surface area contributed by atoms with Crippen LogP contribution in [0.2, 0.25) is 5.02 Å². The Labute approximate surface area is 117 Å². The van der Waals surface area contributed by atoms with Crippen LogP contribution in [-0.2, 0) is 4.79 Å².